The van der Waals surface area contributed by atoms with Gasteiger partial charge in [-0.3, -0.25) is 14.9 Å². The minimum atomic E-state index is -1.12. The molecule has 0 fully saturated rings. The molecule has 0 aliphatic rings. The summed E-state index contributed by atoms with van der Waals surface area (Å²) in [5.74, 6) is -1.07. The van der Waals surface area contributed by atoms with E-state index in [1.54, 1.807) is 24.3 Å². The molecule has 2 aromatic carbocycles. The Hall–Kier alpha value is -2.94. The number of esters is 1. The average molecular weight is 423 g/mol. The Labute approximate surface area is 157 Å². The zero-order chi connectivity index (χ0) is 19.3. The van der Waals surface area contributed by atoms with Gasteiger partial charge in [0.05, 0.1) is 23.3 Å². The summed E-state index contributed by atoms with van der Waals surface area (Å²) in [7, 11) is 1.37. The molecule has 2 aromatic rings. The van der Waals surface area contributed by atoms with Crippen LogP contribution in [-0.2, 0) is 9.53 Å². The molecule has 2 rings (SSSR count). The third kappa shape index (κ3) is 4.79. The molecule has 1 N–H and O–H groups in total. The monoisotopic (exact) mass is 422 g/mol. The summed E-state index contributed by atoms with van der Waals surface area (Å²) < 4.78 is 10.9. The lowest BCUT2D eigenvalue weighted by molar-refractivity contribution is -0.384. The summed E-state index contributed by atoms with van der Waals surface area (Å²) in [5, 5.41) is 13.4. The highest BCUT2D eigenvalue weighted by Gasteiger charge is 2.21. The molecule has 0 radical (unpaired) electrons. The molecule has 0 aromatic heterocycles. The summed E-state index contributed by atoms with van der Waals surface area (Å²) in [5.41, 5.74) is 0.184. The Balaban J connectivity index is 2.10. The number of benzene rings is 2. The number of nitrogens with one attached hydrogen (secondary N) is 1. The Kier molecular flexibility index (Phi) is 6.29. The lowest BCUT2D eigenvalue weighted by atomic mass is 10.2. The molecule has 0 heterocycles. The van der Waals surface area contributed by atoms with Crippen LogP contribution in [0.25, 0.3) is 0 Å². The molecule has 9 heteroatoms. The fraction of sp³-hybridized carbons (Fsp3) is 0.176. The number of halogens is 1. The van der Waals surface area contributed by atoms with E-state index in [1.165, 1.54) is 32.2 Å². The SMILES string of the molecule is COc1ccc([N+](=O)[O-])cc1NC(=O)[C@H](C)OC(=O)c1cccc(Br)c1. The zero-order valence-electron chi connectivity index (χ0n) is 13.9. The second-order valence-corrected chi connectivity index (χ2v) is 6.10. The summed E-state index contributed by atoms with van der Waals surface area (Å²) in [6, 6.07) is 10.3. The van der Waals surface area contributed by atoms with Crippen molar-refractivity contribution in [3.8, 4) is 5.75 Å². The van der Waals surface area contributed by atoms with Gasteiger partial charge in [-0.05, 0) is 31.2 Å². The van der Waals surface area contributed by atoms with Gasteiger partial charge in [-0.1, -0.05) is 22.0 Å². The fourth-order valence-electron chi connectivity index (χ4n) is 2.04. The van der Waals surface area contributed by atoms with Crippen molar-refractivity contribution in [2.45, 2.75) is 13.0 Å². The average Bonchev–Trinajstić information content (AvgIpc) is 2.61. The van der Waals surface area contributed by atoms with Crippen LogP contribution in [0, 0.1) is 10.1 Å². The first-order valence-electron chi connectivity index (χ1n) is 7.41. The molecule has 8 nitrogen and oxygen atoms in total. The quantitative estimate of drug-likeness (QED) is 0.433. The minimum Gasteiger partial charge on any atom is -0.495 e. The van der Waals surface area contributed by atoms with E-state index in [0.29, 0.717) is 4.47 Å². The number of ether oxygens (including phenoxy) is 2. The highest BCUT2D eigenvalue weighted by molar-refractivity contribution is 9.10. The molecule has 1 amide bonds. The topological polar surface area (TPSA) is 108 Å². The number of hydrogen-bond donors (Lipinski definition) is 1. The van der Waals surface area contributed by atoms with Gasteiger partial charge < -0.3 is 14.8 Å². The zero-order valence-corrected chi connectivity index (χ0v) is 15.5. The first-order valence-corrected chi connectivity index (χ1v) is 8.21. The second kappa shape index (κ2) is 8.43. The van der Waals surface area contributed by atoms with Crippen molar-refractivity contribution in [3.63, 3.8) is 0 Å². The van der Waals surface area contributed by atoms with Gasteiger partial charge in [-0.2, -0.15) is 0 Å². The second-order valence-electron chi connectivity index (χ2n) is 5.19. The van der Waals surface area contributed by atoms with Crippen molar-refractivity contribution in [3.05, 3.63) is 62.6 Å². The van der Waals surface area contributed by atoms with Crippen molar-refractivity contribution in [1.29, 1.82) is 0 Å². The predicted molar refractivity (Wildman–Crippen MR) is 97.3 cm³/mol. The van der Waals surface area contributed by atoms with Gasteiger partial charge in [-0.25, -0.2) is 4.79 Å². The smallest absolute Gasteiger partial charge is 0.338 e. The van der Waals surface area contributed by atoms with Crippen LogP contribution in [0.5, 0.6) is 5.75 Å². The van der Waals surface area contributed by atoms with Gasteiger partial charge in [0.2, 0.25) is 0 Å². The molecule has 0 saturated heterocycles. The molecule has 0 aliphatic heterocycles. The molecule has 0 aliphatic carbocycles. The Bertz CT molecular complexity index is 855. The number of methoxy groups -OCH3 is 1. The third-order valence-corrected chi connectivity index (χ3v) is 3.86. The largest absolute Gasteiger partial charge is 0.495 e. The molecular formula is C17H15BrN2O6. The van der Waals surface area contributed by atoms with E-state index < -0.39 is 22.9 Å². The standard InChI is InChI=1S/C17H15BrN2O6/c1-10(26-17(22)11-4-3-5-12(18)8-11)16(21)19-14-9-13(20(23)24)6-7-15(14)25-2/h3-10H,1-2H3,(H,19,21)/t10-/m0/s1. The van der Waals surface area contributed by atoms with Crippen molar-refractivity contribution < 1.29 is 24.0 Å². The Morgan fingerprint density at radius 2 is 1.96 bits per heavy atom. The maximum absolute atomic E-state index is 12.3. The Morgan fingerprint density at radius 3 is 2.58 bits per heavy atom. The molecule has 0 spiro atoms. The molecule has 0 bridgehead atoms. The predicted octanol–water partition coefficient (Wildman–Crippen LogP) is 3.55. The van der Waals surface area contributed by atoms with Gasteiger partial charge in [0.25, 0.3) is 11.6 Å². The summed E-state index contributed by atoms with van der Waals surface area (Å²) in [6.45, 7) is 1.40. The number of nitro groups is 1. The molecule has 1 atom stereocenters. The van der Waals surface area contributed by atoms with Crippen molar-refractivity contribution >= 4 is 39.2 Å². The maximum Gasteiger partial charge on any atom is 0.338 e. The van der Waals surface area contributed by atoms with E-state index in [0.717, 1.165) is 0 Å². The van der Waals surface area contributed by atoms with Gasteiger partial charge in [0.1, 0.15) is 5.75 Å². The molecule has 0 saturated carbocycles. The van der Waals surface area contributed by atoms with Crippen molar-refractivity contribution in [1.82, 2.24) is 0 Å². The number of hydrogen-bond acceptors (Lipinski definition) is 6. The molecular weight excluding hydrogens is 408 g/mol. The molecule has 136 valence electrons. The first-order chi connectivity index (χ1) is 12.3. The third-order valence-electron chi connectivity index (χ3n) is 3.37. The maximum atomic E-state index is 12.3. The van der Waals surface area contributed by atoms with Crippen molar-refractivity contribution in [2.24, 2.45) is 0 Å². The van der Waals surface area contributed by atoms with Gasteiger partial charge in [0.15, 0.2) is 6.10 Å². The number of rotatable bonds is 6. The number of amides is 1. The lowest BCUT2D eigenvalue weighted by Crippen LogP contribution is -2.30. The lowest BCUT2D eigenvalue weighted by Gasteiger charge is -2.15. The van der Waals surface area contributed by atoms with Gasteiger partial charge in [0, 0.05) is 16.6 Å². The minimum absolute atomic E-state index is 0.108. The van der Waals surface area contributed by atoms with E-state index in [2.05, 4.69) is 21.2 Å². The van der Waals surface area contributed by atoms with E-state index in [-0.39, 0.29) is 22.7 Å². The molecule has 26 heavy (non-hydrogen) atoms. The summed E-state index contributed by atoms with van der Waals surface area (Å²) in [6.07, 6.45) is -1.12. The highest BCUT2D eigenvalue weighted by Crippen LogP contribution is 2.29. The number of non-ortho nitro benzene ring substituents is 1. The number of nitrogens with zero attached hydrogens (tertiary/aromatic N) is 1. The van der Waals surface area contributed by atoms with E-state index in [4.69, 9.17) is 9.47 Å². The van der Waals surface area contributed by atoms with Crippen molar-refractivity contribution in [2.75, 3.05) is 12.4 Å². The van der Waals surface area contributed by atoms with Crippen LogP contribution < -0.4 is 10.1 Å². The van der Waals surface area contributed by atoms with Gasteiger partial charge in [-0.15, -0.1) is 0 Å². The van der Waals surface area contributed by atoms with E-state index in [1.807, 2.05) is 0 Å². The van der Waals surface area contributed by atoms with Crippen LogP contribution >= 0.6 is 15.9 Å². The summed E-state index contributed by atoms with van der Waals surface area (Å²) >= 11 is 3.25. The van der Waals surface area contributed by atoms with Crippen LogP contribution in [0.4, 0.5) is 11.4 Å². The van der Waals surface area contributed by atoms with Crippen LogP contribution in [0.15, 0.2) is 46.9 Å². The molecule has 0 unspecified atom stereocenters. The van der Waals surface area contributed by atoms with Gasteiger partial charge >= 0.3 is 5.97 Å². The van der Waals surface area contributed by atoms with E-state index >= 15 is 0 Å². The Morgan fingerprint density at radius 1 is 1.23 bits per heavy atom. The van der Waals surface area contributed by atoms with Crippen LogP contribution in [0.2, 0.25) is 0 Å². The number of nitro benzene ring substituents is 1. The summed E-state index contributed by atoms with van der Waals surface area (Å²) in [4.78, 5) is 34.7. The van der Waals surface area contributed by atoms with Crippen LogP contribution in [0.1, 0.15) is 17.3 Å². The normalized spacial score (nSPS) is 11.3. The number of carbonyl (C=O) groups excluding carboxylic acids is 2. The first kappa shape index (κ1) is 19.4. The van der Waals surface area contributed by atoms with E-state index in [9.17, 15) is 19.7 Å². The fourth-order valence-corrected chi connectivity index (χ4v) is 2.44. The van der Waals surface area contributed by atoms with Crippen LogP contribution in [-0.4, -0.2) is 30.0 Å². The highest BCUT2D eigenvalue weighted by atomic mass is 79.9. The number of anilines is 1. The van der Waals surface area contributed by atoms with Crippen LogP contribution in [0.3, 0.4) is 0 Å². The number of carbonyl (C=O) groups is 2.